The molecule has 0 aliphatic rings. The van der Waals surface area contributed by atoms with Gasteiger partial charge in [0.1, 0.15) is 0 Å². The third-order valence-corrected chi connectivity index (χ3v) is 3.26. The van der Waals surface area contributed by atoms with Crippen LogP contribution in [-0.2, 0) is 13.1 Å². The van der Waals surface area contributed by atoms with Gasteiger partial charge in [-0.05, 0) is 30.7 Å². The highest BCUT2D eigenvalue weighted by Crippen LogP contribution is 2.22. The van der Waals surface area contributed by atoms with Crippen LogP contribution in [0.3, 0.4) is 0 Å². The summed E-state index contributed by atoms with van der Waals surface area (Å²) in [4.78, 5) is 0. The fourth-order valence-electron chi connectivity index (χ4n) is 1.60. The summed E-state index contributed by atoms with van der Waals surface area (Å²) in [6.45, 7) is 2.57. The lowest BCUT2D eigenvalue weighted by Crippen LogP contribution is -2.16. The van der Waals surface area contributed by atoms with Crippen molar-refractivity contribution in [2.75, 3.05) is 6.54 Å². The summed E-state index contributed by atoms with van der Waals surface area (Å²) in [6.07, 6.45) is 4.55. The van der Waals surface area contributed by atoms with Crippen LogP contribution in [0.5, 0.6) is 0 Å². The molecule has 0 saturated heterocycles. The molecule has 1 heterocycles. The van der Waals surface area contributed by atoms with Crippen molar-refractivity contribution >= 4 is 23.2 Å². The number of benzene rings is 1. The van der Waals surface area contributed by atoms with Crippen molar-refractivity contribution in [3.8, 4) is 0 Å². The van der Waals surface area contributed by atoms with E-state index in [4.69, 9.17) is 23.2 Å². The van der Waals surface area contributed by atoms with E-state index in [0.29, 0.717) is 10.0 Å². The van der Waals surface area contributed by atoms with Gasteiger partial charge in [0.2, 0.25) is 0 Å². The zero-order valence-corrected chi connectivity index (χ0v) is 11.3. The Labute approximate surface area is 116 Å². The van der Waals surface area contributed by atoms with Crippen LogP contribution in [-0.4, -0.2) is 21.5 Å². The average molecular weight is 285 g/mol. The Morgan fingerprint density at radius 2 is 2.11 bits per heavy atom. The largest absolute Gasteiger partial charge is 0.313 e. The lowest BCUT2D eigenvalue weighted by Gasteiger charge is -2.06. The van der Waals surface area contributed by atoms with Gasteiger partial charge in [0.25, 0.3) is 0 Å². The molecule has 0 amide bonds. The Bertz CT molecular complexity index is 485. The number of aryl methyl sites for hydroxylation is 1. The molecule has 18 heavy (non-hydrogen) atoms. The number of hydrogen-bond acceptors (Lipinski definition) is 3. The first kappa shape index (κ1) is 13.3. The predicted molar refractivity (Wildman–Crippen MR) is 72.8 cm³/mol. The van der Waals surface area contributed by atoms with Crippen molar-refractivity contribution in [2.45, 2.75) is 19.5 Å². The van der Waals surface area contributed by atoms with Gasteiger partial charge in [0.15, 0.2) is 0 Å². The zero-order chi connectivity index (χ0) is 12.8. The van der Waals surface area contributed by atoms with Crippen molar-refractivity contribution in [1.82, 2.24) is 20.3 Å². The minimum atomic E-state index is 0.589. The molecule has 2 rings (SSSR count). The molecule has 4 nitrogen and oxygen atoms in total. The van der Waals surface area contributed by atoms with Crippen molar-refractivity contribution in [1.29, 1.82) is 0 Å². The second-order valence-electron chi connectivity index (χ2n) is 3.94. The molecule has 1 aromatic heterocycles. The highest BCUT2D eigenvalue weighted by molar-refractivity contribution is 6.42. The lowest BCUT2D eigenvalue weighted by atomic mass is 10.2. The fraction of sp³-hybridized carbons (Fsp3) is 0.333. The van der Waals surface area contributed by atoms with Crippen LogP contribution in [0.1, 0.15) is 12.0 Å². The van der Waals surface area contributed by atoms with Crippen LogP contribution in [0.2, 0.25) is 10.0 Å². The molecule has 0 saturated carbocycles. The van der Waals surface area contributed by atoms with Gasteiger partial charge in [-0.25, -0.2) is 0 Å². The van der Waals surface area contributed by atoms with Crippen molar-refractivity contribution in [2.24, 2.45) is 0 Å². The van der Waals surface area contributed by atoms with Gasteiger partial charge < -0.3 is 5.32 Å². The monoisotopic (exact) mass is 284 g/mol. The highest BCUT2D eigenvalue weighted by Gasteiger charge is 1.99. The van der Waals surface area contributed by atoms with Gasteiger partial charge in [-0.2, -0.15) is 0 Å². The Morgan fingerprint density at radius 1 is 1.22 bits per heavy atom. The van der Waals surface area contributed by atoms with E-state index in [0.717, 1.165) is 31.6 Å². The molecule has 0 unspecified atom stereocenters. The molecule has 1 N–H and O–H groups in total. The zero-order valence-electron chi connectivity index (χ0n) is 9.81. The van der Waals surface area contributed by atoms with E-state index in [1.807, 2.05) is 29.1 Å². The van der Waals surface area contributed by atoms with Gasteiger partial charge in [0, 0.05) is 19.3 Å². The Kier molecular flexibility index (Phi) is 4.99. The molecular formula is C12H14Cl2N4. The molecular weight excluding hydrogens is 271 g/mol. The number of rotatable bonds is 6. The van der Waals surface area contributed by atoms with E-state index in [1.165, 1.54) is 0 Å². The van der Waals surface area contributed by atoms with E-state index >= 15 is 0 Å². The van der Waals surface area contributed by atoms with Gasteiger partial charge in [0.05, 0.1) is 16.2 Å². The number of nitrogens with one attached hydrogen (secondary N) is 1. The third-order valence-electron chi connectivity index (χ3n) is 2.53. The first-order chi connectivity index (χ1) is 8.75. The molecule has 0 fully saturated rings. The fourth-order valence-corrected chi connectivity index (χ4v) is 1.92. The van der Waals surface area contributed by atoms with Crippen molar-refractivity contribution < 1.29 is 0 Å². The summed E-state index contributed by atoms with van der Waals surface area (Å²) >= 11 is 11.8. The second-order valence-corrected chi connectivity index (χ2v) is 4.76. The molecule has 6 heteroatoms. The number of nitrogens with zero attached hydrogens (tertiary/aromatic N) is 3. The lowest BCUT2D eigenvalue weighted by molar-refractivity contribution is 0.530. The maximum Gasteiger partial charge on any atom is 0.0692 e. The van der Waals surface area contributed by atoms with Gasteiger partial charge in [-0.15, -0.1) is 5.10 Å². The van der Waals surface area contributed by atoms with Crippen LogP contribution >= 0.6 is 23.2 Å². The van der Waals surface area contributed by atoms with Crippen LogP contribution in [0.4, 0.5) is 0 Å². The van der Waals surface area contributed by atoms with Crippen LogP contribution in [0.15, 0.2) is 30.6 Å². The van der Waals surface area contributed by atoms with Crippen LogP contribution in [0, 0.1) is 0 Å². The molecule has 0 bridgehead atoms. The summed E-state index contributed by atoms with van der Waals surface area (Å²) in [6, 6.07) is 5.67. The second kappa shape index (κ2) is 6.73. The van der Waals surface area contributed by atoms with E-state index in [1.54, 1.807) is 6.20 Å². The quantitative estimate of drug-likeness (QED) is 0.830. The van der Waals surface area contributed by atoms with E-state index in [9.17, 15) is 0 Å². The van der Waals surface area contributed by atoms with E-state index in [2.05, 4.69) is 15.6 Å². The molecule has 0 radical (unpaired) electrons. The predicted octanol–water partition coefficient (Wildman–Crippen LogP) is 2.76. The molecule has 0 atom stereocenters. The first-order valence-corrected chi connectivity index (χ1v) is 6.50. The number of hydrogen-bond donors (Lipinski definition) is 1. The minimum Gasteiger partial charge on any atom is -0.313 e. The van der Waals surface area contributed by atoms with Gasteiger partial charge in [-0.3, -0.25) is 4.68 Å². The number of aromatic nitrogens is 3. The molecule has 0 aliphatic carbocycles. The Morgan fingerprint density at radius 3 is 2.83 bits per heavy atom. The molecule has 0 spiro atoms. The Balaban J connectivity index is 1.67. The van der Waals surface area contributed by atoms with Gasteiger partial charge >= 0.3 is 0 Å². The maximum atomic E-state index is 5.94. The van der Waals surface area contributed by atoms with Crippen molar-refractivity contribution in [3.05, 3.63) is 46.2 Å². The topological polar surface area (TPSA) is 42.7 Å². The maximum absolute atomic E-state index is 5.94. The van der Waals surface area contributed by atoms with Gasteiger partial charge in [-0.1, -0.05) is 34.5 Å². The first-order valence-electron chi connectivity index (χ1n) is 5.74. The smallest absolute Gasteiger partial charge is 0.0692 e. The number of halogens is 2. The normalized spacial score (nSPS) is 10.8. The van der Waals surface area contributed by atoms with E-state index in [-0.39, 0.29) is 0 Å². The summed E-state index contributed by atoms with van der Waals surface area (Å²) < 4.78 is 1.82. The average Bonchev–Trinajstić information content (AvgIpc) is 2.86. The molecule has 0 aliphatic heterocycles. The summed E-state index contributed by atoms with van der Waals surface area (Å²) in [7, 11) is 0. The summed E-state index contributed by atoms with van der Waals surface area (Å²) in [5, 5.41) is 12.2. The van der Waals surface area contributed by atoms with Crippen molar-refractivity contribution in [3.63, 3.8) is 0 Å². The standard InChI is InChI=1S/C12H14Cl2N4/c13-11-3-2-10(8-12(11)14)9-15-4-1-6-18-7-5-16-17-18/h2-3,5,7-8,15H,1,4,6,9H2. The molecule has 96 valence electrons. The third kappa shape index (κ3) is 3.98. The molecule has 2 aromatic rings. The Hall–Kier alpha value is -1.10. The minimum absolute atomic E-state index is 0.589. The van der Waals surface area contributed by atoms with Crippen LogP contribution < -0.4 is 5.32 Å². The van der Waals surface area contributed by atoms with Crippen LogP contribution in [0.25, 0.3) is 0 Å². The molecule has 1 aromatic carbocycles. The summed E-state index contributed by atoms with van der Waals surface area (Å²) in [5.74, 6) is 0. The van der Waals surface area contributed by atoms with E-state index < -0.39 is 0 Å². The SMILES string of the molecule is Clc1ccc(CNCCCn2ccnn2)cc1Cl. The highest BCUT2D eigenvalue weighted by atomic mass is 35.5. The summed E-state index contributed by atoms with van der Waals surface area (Å²) in [5.41, 5.74) is 1.13.